The molecule has 2 nitrogen and oxygen atoms in total. The first-order valence-corrected chi connectivity index (χ1v) is 7.33. The van der Waals surface area contributed by atoms with Crippen molar-refractivity contribution >= 4 is 27.3 Å². The first kappa shape index (κ1) is 12.6. The molecule has 16 heavy (non-hydrogen) atoms. The number of nitrogens with zero attached hydrogens (tertiary/aromatic N) is 1. The monoisotopic (exact) mass is 303 g/mol. The maximum absolute atomic E-state index is 9.42. The van der Waals surface area contributed by atoms with Crippen LogP contribution in [0.5, 0.6) is 0 Å². The van der Waals surface area contributed by atoms with Crippen LogP contribution in [-0.2, 0) is 6.54 Å². The van der Waals surface area contributed by atoms with E-state index in [0.29, 0.717) is 6.61 Å². The fourth-order valence-corrected chi connectivity index (χ4v) is 3.90. The lowest BCUT2D eigenvalue weighted by Crippen LogP contribution is -2.43. The highest BCUT2D eigenvalue weighted by molar-refractivity contribution is 9.10. The van der Waals surface area contributed by atoms with E-state index in [1.165, 1.54) is 28.6 Å². The topological polar surface area (TPSA) is 23.5 Å². The smallest absolute Gasteiger partial charge is 0.0499 e. The molecule has 0 radical (unpaired) electrons. The van der Waals surface area contributed by atoms with E-state index in [2.05, 4.69) is 39.3 Å². The van der Waals surface area contributed by atoms with Crippen LogP contribution in [0.4, 0.5) is 0 Å². The summed E-state index contributed by atoms with van der Waals surface area (Å²) in [4.78, 5) is 3.70. The maximum atomic E-state index is 9.42. The average molecular weight is 304 g/mol. The highest BCUT2D eigenvalue weighted by Gasteiger charge is 2.37. The third-order valence-corrected chi connectivity index (χ3v) is 5.08. The molecule has 0 spiro atoms. The molecule has 1 aliphatic rings. The van der Waals surface area contributed by atoms with E-state index >= 15 is 0 Å². The second kappa shape index (κ2) is 5.17. The van der Waals surface area contributed by atoms with Gasteiger partial charge in [0.2, 0.25) is 0 Å². The molecule has 0 atom stereocenters. The van der Waals surface area contributed by atoms with E-state index < -0.39 is 0 Å². The maximum Gasteiger partial charge on any atom is 0.0499 e. The van der Waals surface area contributed by atoms with Crippen molar-refractivity contribution in [2.75, 3.05) is 20.2 Å². The standard InChI is InChI=1S/C12H18BrNOS/c1-14(6-11-5-10(13)7-16-11)8-12(9-15)3-2-4-12/h5,7,15H,2-4,6,8-9H2,1H3. The molecule has 1 fully saturated rings. The van der Waals surface area contributed by atoms with E-state index in [-0.39, 0.29) is 5.41 Å². The number of rotatable bonds is 5. The number of halogens is 1. The van der Waals surface area contributed by atoms with Crippen molar-refractivity contribution in [1.29, 1.82) is 0 Å². The first-order valence-electron chi connectivity index (χ1n) is 5.66. The van der Waals surface area contributed by atoms with Gasteiger partial charge in [-0.2, -0.15) is 0 Å². The molecule has 4 heteroatoms. The molecule has 1 aromatic rings. The van der Waals surface area contributed by atoms with E-state index in [4.69, 9.17) is 0 Å². The molecular formula is C12H18BrNOS. The predicted molar refractivity (Wildman–Crippen MR) is 71.7 cm³/mol. The number of hydrogen-bond acceptors (Lipinski definition) is 3. The molecule has 0 aromatic carbocycles. The van der Waals surface area contributed by atoms with Crippen LogP contribution in [0.15, 0.2) is 15.9 Å². The molecule has 0 bridgehead atoms. The molecule has 1 N–H and O–H groups in total. The van der Waals surface area contributed by atoms with Gasteiger partial charge >= 0.3 is 0 Å². The molecule has 1 saturated carbocycles. The lowest BCUT2D eigenvalue weighted by molar-refractivity contribution is 0.0129. The Kier molecular flexibility index (Phi) is 4.06. The van der Waals surface area contributed by atoms with Gasteiger partial charge < -0.3 is 10.0 Å². The molecule has 0 unspecified atom stereocenters. The number of aliphatic hydroxyl groups is 1. The molecule has 1 aliphatic carbocycles. The largest absolute Gasteiger partial charge is 0.396 e. The van der Waals surface area contributed by atoms with Gasteiger partial charge in [-0.25, -0.2) is 0 Å². The third kappa shape index (κ3) is 2.86. The Labute approximate surface area is 109 Å². The molecule has 1 aromatic heterocycles. The summed E-state index contributed by atoms with van der Waals surface area (Å²) in [6.07, 6.45) is 3.64. The average Bonchev–Trinajstić information content (AvgIpc) is 2.57. The molecule has 0 amide bonds. The lowest BCUT2D eigenvalue weighted by Gasteiger charge is -2.42. The van der Waals surface area contributed by atoms with Crippen LogP contribution in [0, 0.1) is 5.41 Å². The van der Waals surface area contributed by atoms with Crippen molar-refractivity contribution in [2.24, 2.45) is 5.41 Å². The Morgan fingerprint density at radius 1 is 1.56 bits per heavy atom. The molecule has 90 valence electrons. The second-order valence-electron chi connectivity index (χ2n) is 4.92. The summed E-state index contributed by atoms with van der Waals surface area (Å²) < 4.78 is 1.17. The van der Waals surface area contributed by atoms with E-state index in [9.17, 15) is 5.11 Å². The Hall–Kier alpha value is 0.1000. The van der Waals surface area contributed by atoms with Gasteiger partial charge in [0.25, 0.3) is 0 Å². The van der Waals surface area contributed by atoms with Crippen LogP contribution in [0.3, 0.4) is 0 Å². The van der Waals surface area contributed by atoms with Crippen molar-refractivity contribution in [1.82, 2.24) is 4.90 Å². The summed E-state index contributed by atoms with van der Waals surface area (Å²) in [6.45, 7) is 2.34. The third-order valence-electron chi connectivity index (χ3n) is 3.40. The van der Waals surface area contributed by atoms with Crippen LogP contribution in [0.2, 0.25) is 0 Å². The zero-order valence-electron chi connectivity index (χ0n) is 9.58. The van der Waals surface area contributed by atoms with Gasteiger partial charge in [-0.15, -0.1) is 11.3 Å². The first-order chi connectivity index (χ1) is 7.63. The zero-order valence-corrected chi connectivity index (χ0v) is 12.0. The molecule has 1 heterocycles. The quantitative estimate of drug-likeness (QED) is 0.903. The van der Waals surface area contributed by atoms with Crippen LogP contribution in [-0.4, -0.2) is 30.2 Å². The van der Waals surface area contributed by atoms with E-state index in [0.717, 1.165) is 13.1 Å². The minimum Gasteiger partial charge on any atom is -0.396 e. The zero-order chi connectivity index (χ0) is 11.6. The summed E-state index contributed by atoms with van der Waals surface area (Å²) in [5, 5.41) is 11.5. The Morgan fingerprint density at radius 2 is 2.31 bits per heavy atom. The summed E-state index contributed by atoms with van der Waals surface area (Å²) >= 11 is 5.26. The summed E-state index contributed by atoms with van der Waals surface area (Å²) in [6, 6.07) is 2.17. The normalized spacial score (nSPS) is 18.8. The fourth-order valence-electron chi connectivity index (χ4n) is 2.37. The number of thiophene rings is 1. The molecule has 0 aliphatic heterocycles. The molecule has 2 rings (SSSR count). The Balaban J connectivity index is 1.86. The van der Waals surface area contributed by atoms with Crippen molar-refractivity contribution in [2.45, 2.75) is 25.8 Å². The minimum absolute atomic E-state index is 0.198. The highest BCUT2D eigenvalue weighted by Crippen LogP contribution is 2.41. The summed E-state index contributed by atoms with van der Waals surface area (Å²) in [5.41, 5.74) is 0.198. The number of aliphatic hydroxyl groups excluding tert-OH is 1. The SMILES string of the molecule is CN(Cc1cc(Br)cs1)CC1(CO)CCC1. The fraction of sp³-hybridized carbons (Fsp3) is 0.667. The van der Waals surface area contributed by atoms with Crippen molar-refractivity contribution in [3.05, 3.63) is 20.8 Å². The molecular weight excluding hydrogens is 286 g/mol. The van der Waals surface area contributed by atoms with Gasteiger partial charge in [0, 0.05) is 39.8 Å². The Morgan fingerprint density at radius 3 is 2.75 bits per heavy atom. The predicted octanol–water partition coefficient (Wildman–Crippen LogP) is 3.11. The van der Waals surface area contributed by atoms with Crippen molar-refractivity contribution in [3.8, 4) is 0 Å². The van der Waals surface area contributed by atoms with E-state index in [1.54, 1.807) is 11.3 Å². The van der Waals surface area contributed by atoms with Crippen LogP contribution >= 0.6 is 27.3 Å². The summed E-state index contributed by atoms with van der Waals surface area (Å²) in [7, 11) is 2.14. The molecule has 0 saturated heterocycles. The Bertz CT molecular complexity index is 343. The van der Waals surface area contributed by atoms with Crippen molar-refractivity contribution < 1.29 is 5.11 Å². The van der Waals surface area contributed by atoms with Gasteiger partial charge in [-0.1, -0.05) is 6.42 Å². The van der Waals surface area contributed by atoms with E-state index in [1.807, 2.05) is 0 Å². The highest BCUT2D eigenvalue weighted by atomic mass is 79.9. The van der Waals surface area contributed by atoms with Gasteiger partial charge in [0.05, 0.1) is 0 Å². The second-order valence-corrected chi connectivity index (χ2v) is 6.83. The van der Waals surface area contributed by atoms with Crippen LogP contribution in [0.25, 0.3) is 0 Å². The summed E-state index contributed by atoms with van der Waals surface area (Å²) in [5.74, 6) is 0. The lowest BCUT2D eigenvalue weighted by atomic mass is 9.69. The van der Waals surface area contributed by atoms with Crippen LogP contribution < -0.4 is 0 Å². The van der Waals surface area contributed by atoms with Gasteiger partial charge in [-0.3, -0.25) is 0 Å². The van der Waals surface area contributed by atoms with Gasteiger partial charge in [-0.05, 0) is 41.9 Å². The number of hydrogen-bond donors (Lipinski definition) is 1. The van der Waals surface area contributed by atoms with Gasteiger partial charge in [0.1, 0.15) is 0 Å². The van der Waals surface area contributed by atoms with Crippen LogP contribution in [0.1, 0.15) is 24.1 Å². The minimum atomic E-state index is 0.198. The van der Waals surface area contributed by atoms with Crippen molar-refractivity contribution in [3.63, 3.8) is 0 Å². The van der Waals surface area contributed by atoms with Gasteiger partial charge in [0.15, 0.2) is 0 Å².